The van der Waals surface area contributed by atoms with Crippen LogP contribution in [0.15, 0.2) is 0 Å². The summed E-state index contributed by atoms with van der Waals surface area (Å²) in [7, 11) is 0. The van der Waals surface area contributed by atoms with Crippen LogP contribution in [0.3, 0.4) is 0 Å². The van der Waals surface area contributed by atoms with E-state index < -0.39 is 25.7 Å². The van der Waals surface area contributed by atoms with Gasteiger partial charge in [0.25, 0.3) is 0 Å². The summed E-state index contributed by atoms with van der Waals surface area (Å²) in [5, 5.41) is 0. The molecule has 2 nitrogen and oxygen atoms in total. The molecule has 0 aromatic heterocycles. The second-order valence-electron chi connectivity index (χ2n) is 1.19. The van der Waals surface area contributed by atoms with Crippen LogP contribution < -0.4 is 0 Å². The van der Waals surface area contributed by atoms with Gasteiger partial charge in [0.05, 0.1) is 0 Å². The lowest BCUT2D eigenvalue weighted by molar-refractivity contribution is -0.154. The Balaban J connectivity index is 3.46. The van der Waals surface area contributed by atoms with Crippen molar-refractivity contribution in [1.29, 1.82) is 0 Å². The van der Waals surface area contributed by atoms with Crippen LogP contribution in [0.1, 0.15) is 0 Å². The lowest BCUT2D eigenvalue weighted by Gasteiger charge is -1.99. The first-order valence-corrected chi connectivity index (χ1v) is 2.15. The molecule has 9 heavy (non-hydrogen) atoms. The van der Waals surface area contributed by atoms with Crippen molar-refractivity contribution in [1.82, 2.24) is 0 Å². The van der Waals surface area contributed by atoms with Crippen molar-refractivity contribution in [2.45, 2.75) is 6.17 Å². The SMILES string of the molecule is O=C(OCF)[C@@H](F)CF. The molecule has 0 aliphatic carbocycles. The maximum atomic E-state index is 11.7. The average Bonchev–Trinajstić information content (AvgIpc) is 1.87. The zero-order valence-electron chi connectivity index (χ0n) is 4.44. The van der Waals surface area contributed by atoms with Crippen molar-refractivity contribution in [3.8, 4) is 0 Å². The number of rotatable bonds is 3. The summed E-state index contributed by atoms with van der Waals surface area (Å²) >= 11 is 0. The van der Waals surface area contributed by atoms with Gasteiger partial charge in [-0.15, -0.1) is 0 Å². The van der Waals surface area contributed by atoms with Gasteiger partial charge in [-0.2, -0.15) is 0 Å². The average molecular weight is 142 g/mol. The fourth-order valence-corrected chi connectivity index (χ4v) is 0.207. The zero-order valence-corrected chi connectivity index (χ0v) is 4.44. The lowest BCUT2D eigenvalue weighted by atomic mass is 10.4. The predicted octanol–water partition coefficient (Wildman–Crippen LogP) is 0.764. The molecule has 0 unspecified atom stereocenters. The van der Waals surface area contributed by atoms with Gasteiger partial charge in [-0.3, -0.25) is 0 Å². The summed E-state index contributed by atoms with van der Waals surface area (Å²) in [5.74, 6) is -1.50. The molecule has 0 saturated carbocycles. The molecular formula is C4H5F3O2. The van der Waals surface area contributed by atoms with Crippen LogP contribution in [0.4, 0.5) is 13.2 Å². The highest BCUT2D eigenvalue weighted by Crippen LogP contribution is 1.94. The summed E-state index contributed by atoms with van der Waals surface area (Å²) in [6, 6.07) is 0. The van der Waals surface area contributed by atoms with Crippen molar-refractivity contribution in [3.63, 3.8) is 0 Å². The molecule has 0 radical (unpaired) electrons. The Kier molecular flexibility index (Phi) is 3.83. The maximum absolute atomic E-state index is 11.7. The van der Waals surface area contributed by atoms with Gasteiger partial charge in [0.1, 0.15) is 6.67 Å². The molecule has 0 amide bonds. The second kappa shape index (κ2) is 4.17. The molecule has 0 heterocycles. The molecule has 0 aromatic rings. The van der Waals surface area contributed by atoms with Crippen molar-refractivity contribution in [2.75, 3.05) is 13.5 Å². The summed E-state index contributed by atoms with van der Waals surface area (Å²) in [4.78, 5) is 9.90. The molecule has 0 rings (SSSR count). The summed E-state index contributed by atoms with van der Waals surface area (Å²) in [6.07, 6.45) is -2.35. The third-order valence-electron chi connectivity index (χ3n) is 0.588. The molecule has 0 aliphatic rings. The van der Waals surface area contributed by atoms with Crippen molar-refractivity contribution >= 4 is 5.97 Å². The predicted molar refractivity (Wildman–Crippen MR) is 22.9 cm³/mol. The van der Waals surface area contributed by atoms with Crippen LogP contribution in [0.2, 0.25) is 0 Å². The van der Waals surface area contributed by atoms with E-state index in [2.05, 4.69) is 4.74 Å². The van der Waals surface area contributed by atoms with Gasteiger partial charge in [-0.05, 0) is 0 Å². The van der Waals surface area contributed by atoms with Crippen LogP contribution in [0, 0.1) is 0 Å². The molecular weight excluding hydrogens is 137 g/mol. The Morgan fingerprint density at radius 3 is 2.44 bits per heavy atom. The molecule has 54 valence electrons. The first-order valence-electron chi connectivity index (χ1n) is 2.15. The Bertz CT molecular complexity index is 95.8. The highest BCUT2D eigenvalue weighted by molar-refractivity contribution is 5.74. The van der Waals surface area contributed by atoms with Crippen molar-refractivity contribution in [3.05, 3.63) is 0 Å². The van der Waals surface area contributed by atoms with E-state index in [0.717, 1.165) is 0 Å². The van der Waals surface area contributed by atoms with Gasteiger partial charge in [0.15, 0.2) is 0 Å². The summed E-state index contributed by atoms with van der Waals surface area (Å²) in [6.45, 7) is -2.89. The standard InChI is InChI=1S/C4H5F3O2/c5-1-3(7)4(8)9-2-6/h3H,1-2H2/t3-/m0/s1. The fraction of sp³-hybridized carbons (Fsp3) is 0.750. The van der Waals surface area contributed by atoms with E-state index in [-0.39, 0.29) is 0 Å². The van der Waals surface area contributed by atoms with E-state index in [1.165, 1.54) is 0 Å². The van der Waals surface area contributed by atoms with Gasteiger partial charge in [-0.1, -0.05) is 0 Å². The quantitative estimate of drug-likeness (QED) is 0.544. The maximum Gasteiger partial charge on any atom is 0.345 e. The van der Waals surface area contributed by atoms with E-state index in [9.17, 15) is 18.0 Å². The third-order valence-corrected chi connectivity index (χ3v) is 0.588. The normalized spacial score (nSPS) is 12.8. The Labute approximate surface area is 49.6 Å². The van der Waals surface area contributed by atoms with Gasteiger partial charge in [0, 0.05) is 0 Å². The van der Waals surface area contributed by atoms with Gasteiger partial charge in [0.2, 0.25) is 13.0 Å². The molecule has 0 aliphatic heterocycles. The molecule has 0 N–H and O–H groups in total. The summed E-state index contributed by atoms with van der Waals surface area (Å²) in [5.41, 5.74) is 0. The Morgan fingerprint density at radius 2 is 2.11 bits per heavy atom. The molecule has 0 bridgehead atoms. The Hall–Kier alpha value is -0.740. The number of hydrogen-bond acceptors (Lipinski definition) is 2. The van der Waals surface area contributed by atoms with E-state index in [1.807, 2.05) is 0 Å². The number of esters is 1. The molecule has 0 fully saturated rings. The van der Waals surface area contributed by atoms with E-state index in [4.69, 9.17) is 0 Å². The third kappa shape index (κ3) is 2.94. The summed E-state index contributed by atoms with van der Waals surface area (Å²) < 4.78 is 37.3. The molecule has 0 spiro atoms. The second-order valence-corrected chi connectivity index (χ2v) is 1.19. The molecule has 1 atom stereocenters. The first kappa shape index (κ1) is 8.26. The smallest absolute Gasteiger partial charge is 0.345 e. The van der Waals surface area contributed by atoms with Crippen LogP contribution in [-0.2, 0) is 9.53 Å². The van der Waals surface area contributed by atoms with Crippen LogP contribution in [0.25, 0.3) is 0 Å². The number of hydrogen-bond donors (Lipinski definition) is 0. The minimum atomic E-state index is -2.35. The molecule has 0 saturated heterocycles. The zero-order chi connectivity index (χ0) is 7.28. The first-order chi connectivity index (χ1) is 4.22. The van der Waals surface area contributed by atoms with Crippen LogP contribution >= 0.6 is 0 Å². The number of carbonyl (C=O) groups is 1. The fourth-order valence-electron chi connectivity index (χ4n) is 0.207. The number of carbonyl (C=O) groups excluding carboxylic acids is 1. The topological polar surface area (TPSA) is 26.3 Å². The highest BCUT2D eigenvalue weighted by Gasteiger charge is 2.17. The van der Waals surface area contributed by atoms with Crippen LogP contribution in [-0.4, -0.2) is 25.7 Å². The lowest BCUT2D eigenvalue weighted by Crippen LogP contribution is -2.20. The van der Waals surface area contributed by atoms with E-state index in [1.54, 1.807) is 0 Å². The minimum absolute atomic E-state index is 1.42. The van der Waals surface area contributed by atoms with E-state index >= 15 is 0 Å². The molecule has 5 heteroatoms. The van der Waals surface area contributed by atoms with Gasteiger partial charge >= 0.3 is 5.97 Å². The number of ether oxygens (including phenoxy) is 1. The molecule has 0 aromatic carbocycles. The number of halogens is 3. The minimum Gasteiger partial charge on any atom is -0.431 e. The van der Waals surface area contributed by atoms with Gasteiger partial charge in [-0.25, -0.2) is 18.0 Å². The van der Waals surface area contributed by atoms with E-state index in [0.29, 0.717) is 0 Å². The Morgan fingerprint density at radius 1 is 1.56 bits per heavy atom. The van der Waals surface area contributed by atoms with Crippen LogP contribution in [0.5, 0.6) is 0 Å². The van der Waals surface area contributed by atoms with Crippen molar-refractivity contribution < 1.29 is 22.7 Å². The van der Waals surface area contributed by atoms with Crippen molar-refractivity contribution in [2.24, 2.45) is 0 Å². The monoisotopic (exact) mass is 142 g/mol. The van der Waals surface area contributed by atoms with Gasteiger partial charge < -0.3 is 4.74 Å². The number of alkyl halides is 3. The largest absolute Gasteiger partial charge is 0.431 e. The highest BCUT2D eigenvalue weighted by atomic mass is 19.2.